The topological polar surface area (TPSA) is 75.9 Å². The quantitative estimate of drug-likeness (QED) is 0.391. The highest BCUT2D eigenvalue weighted by molar-refractivity contribution is 9.10. The largest absolute Gasteiger partial charge is 0.461 e. The third-order valence-electron chi connectivity index (χ3n) is 3.26. The summed E-state index contributed by atoms with van der Waals surface area (Å²) >= 11 is 3.13. The first-order valence-electron chi connectivity index (χ1n) is 7.16. The summed E-state index contributed by atoms with van der Waals surface area (Å²) in [5, 5.41) is 0. The zero-order valence-corrected chi connectivity index (χ0v) is 16.8. The summed E-state index contributed by atoms with van der Waals surface area (Å²) in [5.74, 6) is -0.740. The van der Waals surface area contributed by atoms with Crippen LogP contribution in [-0.4, -0.2) is 43.0 Å². The highest BCUT2D eigenvalue weighted by atomic mass is 79.9. The van der Waals surface area contributed by atoms with Gasteiger partial charge in [-0.15, -0.1) is 17.0 Å². The summed E-state index contributed by atoms with van der Waals surface area (Å²) in [7, 11) is 0. The van der Waals surface area contributed by atoms with Crippen LogP contribution in [0.15, 0.2) is 18.2 Å². The minimum absolute atomic E-state index is 0. The van der Waals surface area contributed by atoms with Crippen molar-refractivity contribution in [3.05, 3.63) is 23.8 Å². The average Bonchev–Trinajstić information content (AvgIpc) is 2.50. The Hall–Kier alpha value is -1.12. The number of anilines is 2. The minimum atomic E-state index is -0.479. The van der Waals surface area contributed by atoms with E-state index < -0.39 is 5.97 Å². The van der Waals surface area contributed by atoms with E-state index in [2.05, 4.69) is 34.9 Å². The fourth-order valence-electron chi connectivity index (χ4n) is 1.94. The van der Waals surface area contributed by atoms with Crippen LogP contribution in [0.4, 0.5) is 11.4 Å². The van der Waals surface area contributed by atoms with E-state index in [1.54, 1.807) is 18.2 Å². The monoisotopic (exact) mass is 451 g/mol. The highest BCUT2D eigenvalue weighted by Gasteiger charge is 2.19. The number of esters is 1. The molecule has 2 N–H and O–H groups in total. The predicted molar refractivity (Wildman–Crippen MR) is 101 cm³/mol. The average molecular weight is 453 g/mol. The van der Waals surface area contributed by atoms with E-state index in [1.807, 2.05) is 0 Å². The number of carbonyl (C=O) groups excluding carboxylic acids is 2. The van der Waals surface area contributed by atoms with Crippen molar-refractivity contribution in [2.75, 3.05) is 35.9 Å². The van der Waals surface area contributed by atoms with Crippen LogP contribution in [-0.2, 0) is 9.53 Å². The number of likely N-dealkylation sites (N-methyl/N-ethyl adjacent to an activating group) is 1. The Morgan fingerprint density at radius 3 is 2.39 bits per heavy atom. The van der Waals surface area contributed by atoms with Crippen molar-refractivity contribution < 1.29 is 14.3 Å². The molecule has 1 amide bonds. The van der Waals surface area contributed by atoms with Gasteiger partial charge in [0.2, 0.25) is 5.91 Å². The molecule has 0 unspecified atom stereocenters. The van der Waals surface area contributed by atoms with Gasteiger partial charge in [0.25, 0.3) is 0 Å². The number of hydrogen-bond acceptors (Lipinski definition) is 5. The number of carbonyl (C=O) groups is 2. The number of benzene rings is 1. The summed E-state index contributed by atoms with van der Waals surface area (Å²) in [4.78, 5) is 25.9. The molecule has 0 aliphatic carbocycles. The van der Waals surface area contributed by atoms with Crippen molar-refractivity contribution in [2.24, 2.45) is 0 Å². The lowest BCUT2D eigenvalue weighted by molar-refractivity contribution is -0.115. The van der Waals surface area contributed by atoms with E-state index in [1.165, 1.54) is 10.8 Å². The molecule has 1 aromatic rings. The van der Waals surface area contributed by atoms with Crippen LogP contribution < -0.4 is 9.66 Å². The Morgan fingerprint density at radius 2 is 1.87 bits per heavy atom. The molecule has 130 valence electrons. The van der Waals surface area contributed by atoms with Gasteiger partial charge in [0, 0.05) is 19.2 Å². The van der Waals surface area contributed by atoms with Crippen LogP contribution >= 0.6 is 33.1 Å². The fraction of sp³-hybridized carbons (Fsp3) is 0.467. The lowest BCUT2D eigenvalue weighted by Crippen LogP contribution is -2.28. The molecular formula is C15H23Br2N3O3. The Morgan fingerprint density at radius 1 is 1.26 bits per heavy atom. The third kappa shape index (κ3) is 6.48. The van der Waals surface area contributed by atoms with Crippen molar-refractivity contribution in [3.8, 4) is 0 Å². The summed E-state index contributed by atoms with van der Waals surface area (Å²) < 4.78 is 6.49. The maximum atomic E-state index is 12.2. The van der Waals surface area contributed by atoms with Gasteiger partial charge < -0.3 is 15.4 Å². The van der Waals surface area contributed by atoms with Gasteiger partial charge in [0.05, 0.1) is 27.4 Å². The molecule has 0 bridgehead atoms. The molecule has 0 aromatic heterocycles. The van der Waals surface area contributed by atoms with E-state index in [0.717, 1.165) is 13.1 Å². The van der Waals surface area contributed by atoms with Gasteiger partial charge in [0.15, 0.2) is 0 Å². The van der Waals surface area contributed by atoms with Crippen LogP contribution in [0.1, 0.15) is 31.1 Å². The van der Waals surface area contributed by atoms with Gasteiger partial charge in [-0.25, -0.2) is 8.72 Å². The van der Waals surface area contributed by atoms with Gasteiger partial charge in [-0.3, -0.25) is 4.79 Å². The predicted octanol–water partition coefficient (Wildman–Crippen LogP) is 3.01. The smallest absolute Gasteiger partial charge is 0.340 e. The number of nitrogen functional groups attached to an aromatic ring is 1. The number of hydrogen-bond donors (Lipinski definition) is 1. The zero-order chi connectivity index (χ0) is 16.7. The van der Waals surface area contributed by atoms with Crippen molar-refractivity contribution in [1.82, 2.24) is 4.90 Å². The molecule has 0 saturated carbocycles. The van der Waals surface area contributed by atoms with Crippen molar-refractivity contribution >= 4 is 56.4 Å². The van der Waals surface area contributed by atoms with E-state index >= 15 is 0 Å². The molecule has 23 heavy (non-hydrogen) atoms. The molecule has 1 aromatic carbocycles. The van der Waals surface area contributed by atoms with Gasteiger partial charge >= 0.3 is 5.97 Å². The Labute approximate surface area is 156 Å². The molecule has 0 spiro atoms. The number of halogens is 2. The molecule has 0 radical (unpaired) electrons. The molecule has 1 rings (SSSR count). The molecule has 8 heteroatoms. The maximum absolute atomic E-state index is 12.2. The molecule has 0 fully saturated rings. The van der Waals surface area contributed by atoms with Crippen molar-refractivity contribution in [2.45, 2.75) is 20.8 Å². The van der Waals surface area contributed by atoms with Gasteiger partial charge in [0.1, 0.15) is 6.61 Å². The van der Waals surface area contributed by atoms with Crippen LogP contribution in [0.5, 0.6) is 0 Å². The summed E-state index contributed by atoms with van der Waals surface area (Å²) in [6.45, 7) is 8.27. The number of rotatable bonds is 7. The number of nitrogens with two attached hydrogens (primary N) is 1. The highest BCUT2D eigenvalue weighted by Crippen LogP contribution is 2.27. The first-order valence-corrected chi connectivity index (χ1v) is 7.87. The molecule has 0 atom stereocenters. The normalized spacial score (nSPS) is 10.1. The molecule has 0 aliphatic rings. The minimum Gasteiger partial charge on any atom is -0.461 e. The molecular weight excluding hydrogens is 430 g/mol. The maximum Gasteiger partial charge on any atom is 0.340 e. The Kier molecular flexibility index (Phi) is 10.1. The Bertz CT molecular complexity index is 537. The first-order chi connectivity index (χ1) is 10.4. The fourth-order valence-corrected chi connectivity index (χ4v) is 2.23. The summed E-state index contributed by atoms with van der Waals surface area (Å²) in [6.07, 6.45) is 0. The molecule has 0 heterocycles. The van der Waals surface area contributed by atoms with E-state index in [9.17, 15) is 9.59 Å². The Balaban J connectivity index is 0.00000484. The second kappa shape index (κ2) is 10.6. The lowest BCUT2D eigenvalue weighted by Gasteiger charge is -2.19. The van der Waals surface area contributed by atoms with E-state index in [4.69, 9.17) is 10.5 Å². The van der Waals surface area contributed by atoms with Gasteiger partial charge in [-0.05, 0) is 31.3 Å². The SMILES string of the molecule is Br.CCN(CC)CCOC(=O)c1ccc(N)cc1N(Br)C(C)=O. The van der Waals surface area contributed by atoms with Gasteiger partial charge in [-0.1, -0.05) is 13.8 Å². The lowest BCUT2D eigenvalue weighted by atomic mass is 10.1. The zero-order valence-electron chi connectivity index (χ0n) is 13.5. The van der Waals surface area contributed by atoms with Crippen LogP contribution in [0.25, 0.3) is 0 Å². The van der Waals surface area contributed by atoms with Crippen LogP contribution in [0.3, 0.4) is 0 Å². The van der Waals surface area contributed by atoms with E-state index in [0.29, 0.717) is 30.1 Å². The van der Waals surface area contributed by atoms with Crippen molar-refractivity contribution in [1.29, 1.82) is 0 Å². The number of amides is 1. The van der Waals surface area contributed by atoms with Crippen molar-refractivity contribution in [3.63, 3.8) is 0 Å². The molecule has 0 aliphatic heterocycles. The summed E-state index contributed by atoms with van der Waals surface area (Å²) in [5.41, 5.74) is 6.85. The van der Waals surface area contributed by atoms with Gasteiger partial charge in [-0.2, -0.15) is 0 Å². The van der Waals surface area contributed by atoms with E-state index in [-0.39, 0.29) is 22.9 Å². The van der Waals surface area contributed by atoms with Crippen LogP contribution in [0, 0.1) is 0 Å². The second-order valence-electron chi connectivity index (χ2n) is 4.74. The molecule has 6 nitrogen and oxygen atoms in total. The first kappa shape index (κ1) is 21.9. The standard InChI is InChI=1S/C15H22BrN3O3.BrH/c1-4-18(5-2)8-9-22-15(21)13-7-6-12(17)10-14(13)19(16)11(3)20;/h6-7,10H,4-5,8-9,17H2,1-3H3;1H. The van der Waals surface area contributed by atoms with Crippen LogP contribution in [0.2, 0.25) is 0 Å². The third-order valence-corrected chi connectivity index (χ3v) is 4.15. The second-order valence-corrected chi connectivity index (χ2v) is 5.45. The summed E-state index contributed by atoms with van der Waals surface area (Å²) in [6, 6.07) is 4.71. The number of nitrogens with zero attached hydrogens (tertiary/aromatic N) is 2. The molecule has 0 saturated heterocycles. The number of ether oxygens (including phenoxy) is 1.